The molecule has 0 fully saturated rings. The molecule has 0 radical (unpaired) electrons. The van der Waals surface area contributed by atoms with E-state index in [9.17, 15) is 60.7 Å². The van der Waals surface area contributed by atoms with E-state index < -0.39 is 51.7 Å². The van der Waals surface area contributed by atoms with E-state index in [1.807, 2.05) is 29.1 Å². The van der Waals surface area contributed by atoms with Gasteiger partial charge in [-0.05, 0) is 12.5 Å². The highest BCUT2D eigenvalue weighted by molar-refractivity contribution is 8.13. The maximum absolute atomic E-state index is 12.3. The van der Waals surface area contributed by atoms with E-state index in [2.05, 4.69) is 6.92 Å². The minimum absolute atomic E-state index is 0.422. The van der Waals surface area contributed by atoms with Crippen molar-refractivity contribution in [1.82, 2.24) is 0 Å². The third-order valence-corrected chi connectivity index (χ3v) is 9.82. The number of aryl methyl sites for hydroxylation is 1. The van der Waals surface area contributed by atoms with Gasteiger partial charge in [-0.3, -0.25) is 0 Å². The molecule has 1 aromatic rings. The second kappa shape index (κ2) is 11.4. The predicted molar refractivity (Wildman–Crippen MR) is 101 cm³/mol. The number of alkyl halides is 10. The van der Waals surface area contributed by atoms with E-state index in [1.165, 1.54) is 5.56 Å². The van der Waals surface area contributed by atoms with E-state index in [0.29, 0.717) is 10.3 Å². The molecular formula is C14H18F10N2O7S2Si. The van der Waals surface area contributed by atoms with Crippen LogP contribution in [-0.4, -0.2) is 69.8 Å². The van der Waals surface area contributed by atoms with E-state index in [-0.39, 0.29) is 0 Å². The van der Waals surface area contributed by atoms with Gasteiger partial charge in [0.1, 0.15) is 0 Å². The van der Waals surface area contributed by atoms with Crippen LogP contribution in [-0.2, 0) is 39.5 Å². The lowest BCUT2D eigenvalue weighted by molar-refractivity contribution is -0.685. The largest absolute Gasteiger partial charge is 0.569 e. The fourth-order valence-electron chi connectivity index (χ4n) is 1.82. The van der Waals surface area contributed by atoms with Crippen LogP contribution < -0.4 is 4.57 Å². The monoisotopic (exact) mass is 608 g/mol. The molecule has 0 N–H and O–H groups in total. The lowest BCUT2D eigenvalue weighted by Gasteiger charge is -2.31. The Kier molecular flexibility index (Phi) is 10.9. The first-order valence-electron chi connectivity index (χ1n) is 8.60. The summed E-state index contributed by atoms with van der Waals surface area (Å²) in [4.78, 5) is 0. The van der Waals surface area contributed by atoms with Crippen molar-refractivity contribution in [3.8, 4) is 0 Å². The summed E-state index contributed by atoms with van der Waals surface area (Å²) in [5.74, 6) is 0. The van der Waals surface area contributed by atoms with E-state index in [0.717, 1.165) is 0 Å². The lowest BCUT2D eigenvalue weighted by atomic mass is 10.3. The standard InChI is InChI=1S/C10H18NO3Si.C4F10NO4S2/c1-10-5-7-11(8-6-10)9-15(12-2,13-3)14-4;5-1(6,7)3(11,12)20(16,17)15-21(18,19)4(13,14)2(8,9)10/h5-8H,9H2,1-4H3;/q+1;-1. The molecule has 0 aliphatic rings. The third-order valence-electron chi connectivity index (χ3n) is 3.87. The Morgan fingerprint density at radius 2 is 1.06 bits per heavy atom. The zero-order valence-electron chi connectivity index (χ0n) is 18.4. The Labute approximate surface area is 199 Å². The molecule has 0 spiro atoms. The molecule has 1 rings (SSSR count). The lowest BCUT2D eigenvalue weighted by Crippen LogP contribution is -2.56. The van der Waals surface area contributed by atoms with Gasteiger partial charge in [0.05, 0.1) is 0 Å². The SMILES string of the molecule is CO[Si](C[n+]1ccc(C)cc1)(OC)OC.O=S(=O)([N-]S(=O)(=O)C(F)(F)C(F)(F)F)C(F)(F)C(F)(F)F. The number of nitrogens with zero attached hydrogens (tertiary/aromatic N) is 2. The summed E-state index contributed by atoms with van der Waals surface area (Å²) in [5, 5.41) is -14.0. The predicted octanol–water partition coefficient (Wildman–Crippen LogP) is 3.03. The first-order valence-corrected chi connectivity index (χ1v) is 13.4. The highest BCUT2D eigenvalue weighted by Crippen LogP contribution is 2.47. The van der Waals surface area contributed by atoms with Crippen LogP contribution in [0, 0.1) is 6.92 Å². The van der Waals surface area contributed by atoms with Crippen LogP contribution in [0.5, 0.6) is 0 Å². The minimum atomic E-state index is -7.62. The first kappa shape index (κ1) is 34.4. The number of pyridine rings is 1. The molecule has 212 valence electrons. The van der Waals surface area contributed by atoms with Crippen molar-refractivity contribution in [3.63, 3.8) is 0 Å². The fourth-order valence-corrected chi connectivity index (χ4v) is 5.73. The molecule has 0 saturated carbocycles. The summed E-state index contributed by atoms with van der Waals surface area (Å²) in [6.45, 7) is 2.05. The summed E-state index contributed by atoms with van der Waals surface area (Å²) < 4.78 is 179. The Balaban J connectivity index is 0.000000717. The summed E-state index contributed by atoms with van der Waals surface area (Å²) >= 11 is 0. The van der Waals surface area contributed by atoms with Gasteiger partial charge in [-0.1, -0.05) is 0 Å². The molecule has 0 saturated heterocycles. The van der Waals surface area contributed by atoms with Gasteiger partial charge < -0.3 is 17.4 Å². The Morgan fingerprint density at radius 1 is 0.750 bits per heavy atom. The highest BCUT2D eigenvalue weighted by Gasteiger charge is 2.68. The highest BCUT2D eigenvalue weighted by atomic mass is 32.3. The molecular weight excluding hydrogens is 590 g/mol. The van der Waals surface area contributed by atoms with Gasteiger partial charge in [-0.2, -0.15) is 43.9 Å². The summed E-state index contributed by atoms with van der Waals surface area (Å²) in [5.41, 5.74) is 1.23. The van der Waals surface area contributed by atoms with Gasteiger partial charge in [0.25, 0.3) is 0 Å². The molecule has 22 heteroatoms. The quantitative estimate of drug-likeness (QED) is 0.241. The molecule has 1 heterocycles. The van der Waals surface area contributed by atoms with Crippen molar-refractivity contribution in [2.24, 2.45) is 0 Å². The van der Waals surface area contributed by atoms with Gasteiger partial charge >= 0.3 is 31.7 Å². The zero-order chi connectivity index (χ0) is 29.0. The molecule has 0 aliphatic heterocycles. The number of rotatable bonds is 9. The van der Waals surface area contributed by atoms with E-state index in [1.54, 1.807) is 21.3 Å². The summed E-state index contributed by atoms with van der Waals surface area (Å²) in [7, 11) is -12.9. The van der Waals surface area contributed by atoms with Crippen molar-refractivity contribution < 1.29 is 78.6 Å². The number of aromatic nitrogens is 1. The van der Waals surface area contributed by atoms with Crippen LogP contribution in [0.15, 0.2) is 24.5 Å². The molecule has 0 atom stereocenters. The van der Waals surface area contributed by atoms with Gasteiger partial charge in [-0.25, -0.2) is 21.4 Å². The van der Waals surface area contributed by atoms with Crippen LogP contribution in [0.1, 0.15) is 5.56 Å². The van der Waals surface area contributed by atoms with E-state index >= 15 is 0 Å². The Hall–Kier alpha value is -1.59. The van der Waals surface area contributed by atoms with Gasteiger partial charge in [0.15, 0.2) is 32.4 Å². The Bertz CT molecular complexity index is 1010. The average molecular weight is 609 g/mol. The Morgan fingerprint density at radius 3 is 1.31 bits per heavy atom. The van der Waals surface area contributed by atoms with Crippen LogP contribution in [0.4, 0.5) is 43.9 Å². The maximum Gasteiger partial charge on any atom is 0.569 e. The van der Waals surface area contributed by atoms with Crippen LogP contribution in [0.3, 0.4) is 0 Å². The number of hydrogen-bond acceptors (Lipinski definition) is 7. The topological polar surface area (TPSA) is 114 Å². The van der Waals surface area contributed by atoms with Crippen molar-refractivity contribution in [1.29, 1.82) is 0 Å². The second-order valence-electron chi connectivity index (χ2n) is 6.40. The van der Waals surface area contributed by atoms with Crippen molar-refractivity contribution in [2.75, 3.05) is 21.3 Å². The van der Waals surface area contributed by atoms with Crippen molar-refractivity contribution in [3.05, 3.63) is 34.2 Å². The minimum Gasteiger partial charge on any atom is -0.425 e. The second-order valence-corrected chi connectivity index (χ2v) is 12.8. The first-order chi connectivity index (χ1) is 15.9. The average Bonchev–Trinajstić information content (AvgIpc) is 2.71. The van der Waals surface area contributed by atoms with Crippen LogP contribution >= 0.6 is 0 Å². The molecule has 0 amide bonds. The van der Waals surface area contributed by atoms with Crippen molar-refractivity contribution >= 4 is 28.9 Å². The van der Waals surface area contributed by atoms with Gasteiger partial charge in [0.2, 0.25) is 6.17 Å². The third kappa shape index (κ3) is 7.71. The molecule has 1 aromatic heterocycles. The van der Waals surface area contributed by atoms with Gasteiger partial charge in [-0.15, -0.1) is 0 Å². The summed E-state index contributed by atoms with van der Waals surface area (Å²) in [6.07, 6.45) is -9.39. The van der Waals surface area contributed by atoms with Crippen LogP contribution in [0.2, 0.25) is 0 Å². The van der Waals surface area contributed by atoms with Crippen molar-refractivity contribution in [2.45, 2.75) is 36.0 Å². The molecule has 9 nitrogen and oxygen atoms in total. The molecule has 36 heavy (non-hydrogen) atoms. The normalized spacial score (nSPS) is 14.3. The molecule has 0 unspecified atom stereocenters. The molecule has 0 aliphatic carbocycles. The molecule has 0 aromatic carbocycles. The zero-order valence-corrected chi connectivity index (χ0v) is 21.0. The molecule has 0 bridgehead atoms. The number of halogens is 10. The van der Waals surface area contributed by atoms with Gasteiger partial charge in [0, 0.05) is 33.5 Å². The number of hydrogen-bond donors (Lipinski definition) is 0. The maximum atomic E-state index is 12.3. The smallest absolute Gasteiger partial charge is 0.425 e. The number of sulfonamides is 2. The summed E-state index contributed by atoms with van der Waals surface area (Å²) in [6, 6.07) is 4.08. The van der Waals surface area contributed by atoms with Crippen LogP contribution in [0.25, 0.3) is 4.13 Å². The van der Waals surface area contributed by atoms with E-state index in [4.69, 9.17) is 13.3 Å². The fraction of sp³-hybridized carbons (Fsp3) is 0.643.